The third-order valence-corrected chi connectivity index (χ3v) is 3.62. The monoisotopic (exact) mass is 285 g/mol. The molecule has 0 bridgehead atoms. The number of nitrogens with zero attached hydrogens (tertiary/aromatic N) is 2. The molecule has 112 valence electrons. The van der Waals surface area contributed by atoms with Crippen LogP contribution in [0.4, 0.5) is 0 Å². The quantitative estimate of drug-likeness (QED) is 0.915. The van der Waals surface area contributed by atoms with Crippen LogP contribution in [-0.4, -0.2) is 21.7 Å². The van der Waals surface area contributed by atoms with Gasteiger partial charge in [-0.15, -0.1) is 0 Å². The number of amides is 1. The summed E-state index contributed by atoms with van der Waals surface area (Å²) in [5, 5.41) is 7.56. The van der Waals surface area contributed by atoms with E-state index in [2.05, 4.69) is 17.3 Å². The summed E-state index contributed by atoms with van der Waals surface area (Å²) in [5.41, 5.74) is 3.29. The Labute approximate surface area is 126 Å². The average molecular weight is 285 g/mol. The zero-order valence-electron chi connectivity index (χ0n) is 13.2. The Hall–Kier alpha value is -2.10. The molecule has 0 aliphatic rings. The fourth-order valence-corrected chi connectivity index (χ4v) is 2.59. The van der Waals surface area contributed by atoms with Crippen molar-refractivity contribution in [3.05, 3.63) is 47.3 Å². The molecular formula is C17H23N3O. The summed E-state index contributed by atoms with van der Waals surface area (Å²) < 4.78 is 1.83. The summed E-state index contributed by atoms with van der Waals surface area (Å²) in [5.74, 6) is -0.0341. The standard InChI is InChI=1S/C17H23N3O/c1-5-9-12(2)18-17(21)16-13(3)19-20(14(16)4)15-10-7-6-8-11-15/h6-8,10-12H,5,9H2,1-4H3,(H,18,21)/t12-/m0/s1. The third kappa shape index (κ3) is 3.32. The molecule has 0 aliphatic heterocycles. The molecular weight excluding hydrogens is 262 g/mol. The van der Waals surface area contributed by atoms with Crippen LogP contribution in [0.3, 0.4) is 0 Å². The van der Waals surface area contributed by atoms with Crippen LogP contribution in [0.2, 0.25) is 0 Å². The zero-order chi connectivity index (χ0) is 15.4. The molecule has 4 nitrogen and oxygen atoms in total. The molecule has 2 aromatic rings. The van der Waals surface area contributed by atoms with E-state index in [1.54, 1.807) is 0 Å². The SMILES string of the molecule is CCC[C@H](C)NC(=O)c1c(C)nn(-c2ccccc2)c1C. The summed E-state index contributed by atoms with van der Waals surface area (Å²) >= 11 is 0. The predicted octanol–water partition coefficient (Wildman–Crippen LogP) is 3.41. The zero-order valence-corrected chi connectivity index (χ0v) is 13.2. The molecule has 0 saturated heterocycles. The van der Waals surface area contributed by atoms with E-state index in [1.807, 2.05) is 55.8 Å². The number of nitrogens with one attached hydrogen (secondary N) is 1. The van der Waals surface area contributed by atoms with Crippen LogP contribution in [0.25, 0.3) is 5.69 Å². The molecule has 1 atom stereocenters. The summed E-state index contributed by atoms with van der Waals surface area (Å²) in [4.78, 5) is 12.5. The maximum Gasteiger partial charge on any atom is 0.255 e. The van der Waals surface area contributed by atoms with Gasteiger partial charge in [0, 0.05) is 6.04 Å². The van der Waals surface area contributed by atoms with Gasteiger partial charge in [-0.3, -0.25) is 4.79 Å². The first-order chi connectivity index (χ1) is 10.0. The second-order valence-corrected chi connectivity index (χ2v) is 5.46. The molecule has 1 heterocycles. The molecule has 0 aliphatic carbocycles. The minimum atomic E-state index is -0.0341. The van der Waals surface area contributed by atoms with Crippen LogP contribution in [0.15, 0.2) is 30.3 Å². The molecule has 0 fully saturated rings. The van der Waals surface area contributed by atoms with Crippen LogP contribution in [0, 0.1) is 13.8 Å². The van der Waals surface area contributed by atoms with Gasteiger partial charge in [0.05, 0.1) is 22.6 Å². The number of benzene rings is 1. The highest BCUT2D eigenvalue weighted by atomic mass is 16.1. The molecule has 2 rings (SSSR count). The second kappa shape index (κ2) is 6.57. The average Bonchev–Trinajstić information content (AvgIpc) is 2.75. The molecule has 0 radical (unpaired) electrons. The minimum Gasteiger partial charge on any atom is -0.349 e. The summed E-state index contributed by atoms with van der Waals surface area (Å²) in [7, 11) is 0. The highest BCUT2D eigenvalue weighted by Crippen LogP contribution is 2.18. The summed E-state index contributed by atoms with van der Waals surface area (Å²) in [6, 6.07) is 10.1. The third-order valence-electron chi connectivity index (χ3n) is 3.62. The molecule has 1 aromatic carbocycles. The number of hydrogen-bond acceptors (Lipinski definition) is 2. The van der Waals surface area contributed by atoms with Gasteiger partial charge in [-0.1, -0.05) is 31.5 Å². The van der Waals surface area contributed by atoms with Gasteiger partial charge in [0.25, 0.3) is 5.91 Å². The Morgan fingerprint density at radius 3 is 2.57 bits per heavy atom. The van der Waals surface area contributed by atoms with Crippen molar-refractivity contribution in [1.29, 1.82) is 0 Å². The molecule has 4 heteroatoms. The van der Waals surface area contributed by atoms with Crippen molar-refractivity contribution in [2.24, 2.45) is 0 Å². The van der Waals surface area contributed by atoms with Gasteiger partial charge in [0.15, 0.2) is 0 Å². The topological polar surface area (TPSA) is 46.9 Å². The lowest BCUT2D eigenvalue weighted by Crippen LogP contribution is -2.33. The molecule has 0 saturated carbocycles. The lowest BCUT2D eigenvalue weighted by Gasteiger charge is -2.13. The molecule has 0 unspecified atom stereocenters. The molecule has 1 N–H and O–H groups in total. The van der Waals surface area contributed by atoms with Crippen LogP contribution < -0.4 is 5.32 Å². The first kappa shape index (κ1) is 15.3. The Morgan fingerprint density at radius 2 is 1.95 bits per heavy atom. The van der Waals surface area contributed by atoms with Crippen molar-refractivity contribution < 1.29 is 4.79 Å². The van der Waals surface area contributed by atoms with Crippen LogP contribution in [-0.2, 0) is 0 Å². The van der Waals surface area contributed by atoms with E-state index in [0.29, 0.717) is 5.56 Å². The van der Waals surface area contributed by atoms with Gasteiger partial charge in [0.1, 0.15) is 0 Å². The minimum absolute atomic E-state index is 0.0341. The van der Waals surface area contributed by atoms with Crippen LogP contribution >= 0.6 is 0 Å². The maximum absolute atomic E-state index is 12.5. The van der Waals surface area contributed by atoms with Crippen LogP contribution in [0.1, 0.15) is 48.4 Å². The van der Waals surface area contributed by atoms with Gasteiger partial charge in [-0.25, -0.2) is 4.68 Å². The van der Waals surface area contributed by atoms with E-state index in [-0.39, 0.29) is 11.9 Å². The van der Waals surface area contributed by atoms with Crippen molar-refractivity contribution in [3.8, 4) is 5.69 Å². The van der Waals surface area contributed by atoms with Gasteiger partial charge in [-0.05, 0) is 39.3 Å². The Bertz CT molecular complexity index is 616. The van der Waals surface area contributed by atoms with E-state index in [0.717, 1.165) is 29.9 Å². The number of hydrogen-bond donors (Lipinski definition) is 1. The van der Waals surface area contributed by atoms with Gasteiger partial charge < -0.3 is 5.32 Å². The summed E-state index contributed by atoms with van der Waals surface area (Å²) in [6.45, 7) is 7.97. The first-order valence-electron chi connectivity index (χ1n) is 7.47. The van der Waals surface area contributed by atoms with Crippen LogP contribution in [0.5, 0.6) is 0 Å². The molecule has 0 spiro atoms. The Balaban J connectivity index is 2.30. The smallest absolute Gasteiger partial charge is 0.255 e. The largest absolute Gasteiger partial charge is 0.349 e. The van der Waals surface area contributed by atoms with E-state index in [1.165, 1.54) is 0 Å². The van der Waals surface area contributed by atoms with Crippen molar-refractivity contribution in [2.75, 3.05) is 0 Å². The second-order valence-electron chi connectivity index (χ2n) is 5.46. The van der Waals surface area contributed by atoms with E-state index >= 15 is 0 Å². The fraction of sp³-hybridized carbons (Fsp3) is 0.412. The van der Waals surface area contributed by atoms with E-state index in [4.69, 9.17) is 0 Å². The van der Waals surface area contributed by atoms with Crippen molar-refractivity contribution in [2.45, 2.75) is 46.6 Å². The fourth-order valence-electron chi connectivity index (χ4n) is 2.59. The Morgan fingerprint density at radius 1 is 1.29 bits per heavy atom. The molecule has 1 aromatic heterocycles. The summed E-state index contributed by atoms with van der Waals surface area (Å²) in [6.07, 6.45) is 2.04. The number of aromatic nitrogens is 2. The highest BCUT2D eigenvalue weighted by Gasteiger charge is 2.20. The molecule has 21 heavy (non-hydrogen) atoms. The predicted molar refractivity (Wildman–Crippen MR) is 84.9 cm³/mol. The van der Waals surface area contributed by atoms with E-state index in [9.17, 15) is 4.79 Å². The van der Waals surface area contributed by atoms with Crippen molar-refractivity contribution >= 4 is 5.91 Å². The number of carbonyl (C=O) groups is 1. The number of carbonyl (C=O) groups excluding carboxylic acids is 1. The maximum atomic E-state index is 12.5. The lowest BCUT2D eigenvalue weighted by atomic mass is 10.1. The number of aryl methyl sites for hydroxylation is 1. The normalized spacial score (nSPS) is 12.2. The lowest BCUT2D eigenvalue weighted by molar-refractivity contribution is 0.0937. The molecule has 1 amide bonds. The highest BCUT2D eigenvalue weighted by molar-refractivity contribution is 5.96. The first-order valence-corrected chi connectivity index (χ1v) is 7.47. The number of rotatable bonds is 5. The van der Waals surface area contributed by atoms with Gasteiger partial charge in [-0.2, -0.15) is 5.10 Å². The number of para-hydroxylation sites is 1. The van der Waals surface area contributed by atoms with Gasteiger partial charge >= 0.3 is 0 Å². The van der Waals surface area contributed by atoms with Crippen molar-refractivity contribution in [3.63, 3.8) is 0 Å². The van der Waals surface area contributed by atoms with E-state index < -0.39 is 0 Å². The van der Waals surface area contributed by atoms with Crippen molar-refractivity contribution in [1.82, 2.24) is 15.1 Å². The Kier molecular flexibility index (Phi) is 4.78. The van der Waals surface area contributed by atoms with Gasteiger partial charge in [0.2, 0.25) is 0 Å².